The number of anilines is 1. The molecule has 1 aromatic heterocycles. The van der Waals surface area contributed by atoms with Crippen LogP contribution in [0, 0.1) is 23.2 Å². The highest BCUT2D eigenvalue weighted by Crippen LogP contribution is 2.61. The first-order valence-electron chi connectivity index (χ1n) is 14.6. The lowest BCUT2D eigenvalue weighted by Gasteiger charge is -2.57. The number of benzene rings is 1. The van der Waals surface area contributed by atoms with Crippen molar-refractivity contribution >= 4 is 29.3 Å². The Morgan fingerprint density at radius 3 is 2.40 bits per heavy atom. The predicted octanol–water partition coefficient (Wildman–Crippen LogP) is 4.42. The van der Waals surface area contributed by atoms with E-state index < -0.39 is 29.7 Å². The molecule has 9 heteroatoms. The van der Waals surface area contributed by atoms with Crippen LogP contribution in [-0.2, 0) is 27.5 Å². The van der Waals surface area contributed by atoms with E-state index in [4.69, 9.17) is 9.15 Å². The summed E-state index contributed by atoms with van der Waals surface area (Å²) in [5.74, 6) is 2.22. The summed E-state index contributed by atoms with van der Waals surface area (Å²) >= 11 is 0. The summed E-state index contributed by atoms with van der Waals surface area (Å²) in [6.07, 6.45) is 9.89. The summed E-state index contributed by atoms with van der Waals surface area (Å²) in [5, 5.41) is 5.44. The van der Waals surface area contributed by atoms with E-state index in [1.165, 1.54) is 38.5 Å². The van der Waals surface area contributed by atoms with E-state index in [0.29, 0.717) is 30.0 Å². The second-order valence-corrected chi connectivity index (χ2v) is 12.6. The maximum Gasteiger partial charge on any atom is 0.264 e. The zero-order valence-electron chi connectivity index (χ0n) is 22.6. The zero-order valence-corrected chi connectivity index (χ0v) is 22.6. The van der Waals surface area contributed by atoms with Crippen molar-refractivity contribution in [1.29, 1.82) is 0 Å². The molecule has 9 nitrogen and oxygen atoms in total. The highest BCUT2D eigenvalue weighted by molar-refractivity contribution is 6.25. The number of carbonyl (C=O) groups excluding carboxylic acids is 4. The molecule has 2 aromatic rings. The lowest BCUT2D eigenvalue weighted by molar-refractivity contribution is -0.136. The van der Waals surface area contributed by atoms with Gasteiger partial charge in [0.2, 0.25) is 11.8 Å². The van der Waals surface area contributed by atoms with Crippen LogP contribution >= 0.6 is 0 Å². The summed E-state index contributed by atoms with van der Waals surface area (Å²) in [7, 11) is 0. The molecule has 5 fully saturated rings. The third-order valence-corrected chi connectivity index (χ3v) is 9.82. The predicted molar refractivity (Wildman–Crippen MR) is 144 cm³/mol. The Kier molecular flexibility index (Phi) is 6.29. The molecule has 2 aliphatic heterocycles. The number of hydrogen-bond acceptors (Lipinski definition) is 7. The highest BCUT2D eigenvalue weighted by Gasteiger charge is 2.50. The van der Waals surface area contributed by atoms with E-state index in [-0.39, 0.29) is 24.0 Å². The number of amides is 4. The quantitative estimate of drug-likeness (QED) is 0.354. The summed E-state index contributed by atoms with van der Waals surface area (Å²) in [6.45, 7) is 1.51. The Morgan fingerprint density at radius 1 is 0.950 bits per heavy atom. The van der Waals surface area contributed by atoms with E-state index in [0.717, 1.165) is 41.4 Å². The van der Waals surface area contributed by atoms with Gasteiger partial charge in [-0.3, -0.25) is 29.4 Å². The van der Waals surface area contributed by atoms with Crippen molar-refractivity contribution in [2.75, 3.05) is 11.9 Å². The maximum atomic E-state index is 13.3. The molecule has 2 N–H and O–H groups in total. The van der Waals surface area contributed by atoms with E-state index in [9.17, 15) is 19.2 Å². The lowest BCUT2D eigenvalue weighted by Crippen LogP contribution is -2.54. The largest absolute Gasteiger partial charge is 0.462 e. The number of rotatable bonds is 9. The smallest absolute Gasteiger partial charge is 0.264 e. The van der Waals surface area contributed by atoms with Crippen molar-refractivity contribution in [1.82, 2.24) is 10.2 Å². The van der Waals surface area contributed by atoms with Gasteiger partial charge in [-0.05, 0) is 98.8 Å². The van der Waals surface area contributed by atoms with Crippen LogP contribution in [0.5, 0.6) is 0 Å². The molecule has 4 saturated carbocycles. The molecule has 1 saturated heterocycles. The van der Waals surface area contributed by atoms with Crippen LogP contribution in [0.4, 0.5) is 5.69 Å². The second-order valence-electron chi connectivity index (χ2n) is 12.6. The van der Waals surface area contributed by atoms with Crippen molar-refractivity contribution in [2.45, 2.75) is 77.0 Å². The highest BCUT2D eigenvalue weighted by atomic mass is 16.5. The van der Waals surface area contributed by atoms with Crippen LogP contribution in [-0.4, -0.2) is 41.2 Å². The minimum Gasteiger partial charge on any atom is -0.462 e. The topological polar surface area (TPSA) is 118 Å². The van der Waals surface area contributed by atoms with E-state index in [2.05, 4.69) is 10.6 Å². The molecular formula is C31H35N3O6. The van der Waals surface area contributed by atoms with Gasteiger partial charge in [0.05, 0.1) is 17.7 Å². The molecule has 1 unspecified atom stereocenters. The molecule has 8 rings (SSSR count). The molecule has 0 radical (unpaired) electrons. The van der Waals surface area contributed by atoms with E-state index in [1.807, 2.05) is 12.1 Å². The number of ether oxygens (including phenoxy) is 1. The number of nitrogens with zero attached hydrogens (tertiary/aromatic N) is 1. The molecule has 40 heavy (non-hydrogen) atoms. The average molecular weight is 546 g/mol. The molecule has 1 aromatic carbocycles. The molecular weight excluding hydrogens is 510 g/mol. The van der Waals surface area contributed by atoms with Crippen LogP contribution in [0.15, 0.2) is 34.7 Å². The Morgan fingerprint density at radius 2 is 1.68 bits per heavy atom. The van der Waals surface area contributed by atoms with E-state index in [1.54, 1.807) is 18.2 Å². The van der Waals surface area contributed by atoms with Gasteiger partial charge in [0.15, 0.2) is 0 Å². The summed E-state index contributed by atoms with van der Waals surface area (Å²) in [4.78, 5) is 51.2. The molecule has 3 heterocycles. The Balaban J connectivity index is 0.940. The minimum atomic E-state index is -0.992. The number of furan rings is 1. The molecule has 1 atom stereocenters. The molecule has 4 amide bonds. The number of carbonyl (C=O) groups is 4. The van der Waals surface area contributed by atoms with Crippen molar-refractivity contribution in [3.63, 3.8) is 0 Å². The van der Waals surface area contributed by atoms with Crippen LogP contribution in [0.2, 0.25) is 0 Å². The fourth-order valence-electron chi connectivity index (χ4n) is 8.50. The summed E-state index contributed by atoms with van der Waals surface area (Å²) in [5.41, 5.74) is 1.48. The SMILES string of the molecule is O=C1CCC(N2C(=O)c3cccc(NCc4ccc(COCCC56CC7CC(CC(C7)C5)C6)o4)c3C2=O)C(=O)N1. The normalized spacial score (nSPS) is 30.6. The van der Waals surface area contributed by atoms with Gasteiger partial charge in [0, 0.05) is 18.7 Å². The first-order valence-corrected chi connectivity index (χ1v) is 14.6. The number of fused-ring (bicyclic) bond motifs is 1. The van der Waals surface area contributed by atoms with Gasteiger partial charge in [-0.25, -0.2) is 0 Å². The third kappa shape index (κ3) is 4.54. The number of hydrogen-bond donors (Lipinski definition) is 2. The first kappa shape index (κ1) is 25.5. The Bertz CT molecular complexity index is 1340. The molecule has 0 spiro atoms. The number of nitrogens with one attached hydrogen (secondary N) is 2. The van der Waals surface area contributed by atoms with Gasteiger partial charge in [-0.1, -0.05) is 6.07 Å². The summed E-state index contributed by atoms with van der Waals surface area (Å²) in [6, 6.07) is 7.82. The van der Waals surface area contributed by atoms with Crippen LogP contribution < -0.4 is 10.6 Å². The Labute approximate surface area is 233 Å². The third-order valence-electron chi connectivity index (χ3n) is 9.82. The first-order chi connectivity index (χ1) is 19.4. The van der Waals surface area contributed by atoms with Gasteiger partial charge in [0.1, 0.15) is 24.2 Å². The van der Waals surface area contributed by atoms with Gasteiger partial charge < -0.3 is 14.5 Å². The van der Waals surface area contributed by atoms with Crippen molar-refractivity contribution < 1.29 is 28.3 Å². The van der Waals surface area contributed by atoms with Crippen molar-refractivity contribution in [2.24, 2.45) is 23.2 Å². The van der Waals surface area contributed by atoms with Gasteiger partial charge in [-0.2, -0.15) is 0 Å². The minimum absolute atomic E-state index is 0.0850. The maximum absolute atomic E-state index is 13.3. The monoisotopic (exact) mass is 545 g/mol. The molecule has 4 aliphatic carbocycles. The Hall–Kier alpha value is -3.46. The lowest BCUT2D eigenvalue weighted by atomic mass is 9.49. The zero-order chi connectivity index (χ0) is 27.4. The average Bonchev–Trinajstić information content (AvgIpc) is 3.47. The second kappa shape index (κ2) is 9.87. The fraction of sp³-hybridized carbons (Fsp3) is 0.548. The summed E-state index contributed by atoms with van der Waals surface area (Å²) < 4.78 is 12.0. The van der Waals surface area contributed by atoms with Crippen LogP contribution in [0.25, 0.3) is 0 Å². The van der Waals surface area contributed by atoms with Gasteiger partial charge in [-0.15, -0.1) is 0 Å². The number of imide groups is 2. The molecule has 210 valence electrons. The number of piperidine rings is 1. The van der Waals surface area contributed by atoms with Crippen molar-refractivity contribution in [3.8, 4) is 0 Å². The molecule has 6 aliphatic rings. The van der Waals surface area contributed by atoms with Crippen LogP contribution in [0.1, 0.15) is 90.0 Å². The van der Waals surface area contributed by atoms with Crippen LogP contribution in [0.3, 0.4) is 0 Å². The van der Waals surface area contributed by atoms with Crippen molar-refractivity contribution in [3.05, 3.63) is 53.0 Å². The molecule has 4 bridgehead atoms. The van der Waals surface area contributed by atoms with Gasteiger partial charge >= 0.3 is 0 Å². The van der Waals surface area contributed by atoms with Gasteiger partial charge in [0.25, 0.3) is 11.8 Å². The van der Waals surface area contributed by atoms with E-state index >= 15 is 0 Å². The standard InChI is InChI=1S/C31H35N3O6/c35-26-7-6-25(28(36)33-26)34-29(37)23-2-1-3-24(27(23)30(34)38)32-16-21-4-5-22(40-21)17-39-9-8-31-13-18-10-19(14-31)12-20(11-18)15-31/h1-5,18-20,25,32H,6-17H2,(H,33,35,36). The fourth-order valence-corrected chi connectivity index (χ4v) is 8.50.